The standard InChI is InChI=1S/C29H34N2O2SSi/c1-29(2,3)35(4,5)33-17-9-13-22-15-16-30-20-25(22)27-23(21-11-7-6-8-12-21)19-24(28(32)31-27)26-14-10-18-34-26/h6-8,10-12,14-16,18-20H,9,13,17H2,1-5H3,(H,31,32). The van der Waals surface area contributed by atoms with E-state index in [1.165, 1.54) is 0 Å². The van der Waals surface area contributed by atoms with Crippen LogP contribution in [0.5, 0.6) is 0 Å². The van der Waals surface area contributed by atoms with E-state index in [1.54, 1.807) is 11.3 Å². The summed E-state index contributed by atoms with van der Waals surface area (Å²) in [5.74, 6) is 0. The van der Waals surface area contributed by atoms with E-state index in [9.17, 15) is 4.79 Å². The second kappa shape index (κ2) is 10.4. The molecule has 6 heteroatoms. The number of hydrogen-bond donors (Lipinski definition) is 1. The number of H-pyrrole nitrogens is 1. The van der Waals surface area contributed by atoms with Gasteiger partial charge in [0.2, 0.25) is 0 Å². The first-order valence-electron chi connectivity index (χ1n) is 12.1. The summed E-state index contributed by atoms with van der Waals surface area (Å²) in [5, 5.41) is 2.19. The first-order valence-corrected chi connectivity index (χ1v) is 15.9. The number of benzene rings is 1. The zero-order valence-electron chi connectivity index (χ0n) is 21.2. The van der Waals surface area contributed by atoms with Crippen molar-refractivity contribution in [3.8, 4) is 32.8 Å². The number of aromatic nitrogens is 2. The molecule has 0 radical (unpaired) electrons. The Morgan fingerprint density at radius 1 is 1.00 bits per heavy atom. The molecule has 0 atom stereocenters. The third-order valence-electron chi connectivity index (χ3n) is 6.95. The summed E-state index contributed by atoms with van der Waals surface area (Å²) in [4.78, 5) is 21.8. The largest absolute Gasteiger partial charge is 0.417 e. The first kappa shape index (κ1) is 25.3. The van der Waals surface area contributed by atoms with Gasteiger partial charge in [-0.1, -0.05) is 57.2 Å². The second-order valence-corrected chi connectivity index (χ2v) is 16.1. The van der Waals surface area contributed by atoms with E-state index in [1.807, 2.05) is 54.2 Å². The van der Waals surface area contributed by atoms with Crippen molar-refractivity contribution >= 4 is 19.7 Å². The number of nitrogens with zero attached hydrogens (tertiary/aromatic N) is 1. The van der Waals surface area contributed by atoms with Crippen LogP contribution < -0.4 is 5.56 Å². The van der Waals surface area contributed by atoms with Crippen LogP contribution in [0.25, 0.3) is 32.8 Å². The fourth-order valence-electron chi connectivity index (χ4n) is 3.88. The molecular formula is C29H34N2O2SSi. The quantitative estimate of drug-likeness (QED) is 0.198. The number of aryl methyl sites for hydroxylation is 1. The Morgan fingerprint density at radius 2 is 1.77 bits per heavy atom. The van der Waals surface area contributed by atoms with Crippen LogP contribution in [0.3, 0.4) is 0 Å². The van der Waals surface area contributed by atoms with Gasteiger partial charge in [0.15, 0.2) is 8.32 Å². The third kappa shape index (κ3) is 5.72. The molecule has 0 aliphatic heterocycles. The highest BCUT2D eigenvalue weighted by atomic mass is 32.1. The van der Waals surface area contributed by atoms with Crippen molar-refractivity contribution in [1.29, 1.82) is 0 Å². The van der Waals surface area contributed by atoms with Crippen molar-refractivity contribution in [2.75, 3.05) is 6.61 Å². The summed E-state index contributed by atoms with van der Waals surface area (Å²) >= 11 is 1.57. The first-order chi connectivity index (χ1) is 16.7. The van der Waals surface area contributed by atoms with E-state index >= 15 is 0 Å². The summed E-state index contributed by atoms with van der Waals surface area (Å²) in [7, 11) is -1.77. The van der Waals surface area contributed by atoms with E-state index in [-0.39, 0.29) is 10.6 Å². The monoisotopic (exact) mass is 502 g/mol. The predicted molar refractivity (Wildman–Crippen MR) is 151 cm³/mol. The van der Waals surface area contributed by atoms with Crippen LogP contribution in [0.4, 0.5) is 0 Å². The molecule has 0 fully saturated rings. The molecule has 0 aliphatic rings. The molecule has 0 bridgehead atoms. The number of nitrogens with one attached hydrogen (secondary N) is 1. The number of hydrogen-bond acceptors (Lipinski definition) is 4. The third-order valence-corrected chi connectivity index (χ3v) is 12.4. The lowest BCUT2D eigenvalue weighted by molar-refractivity contribution is 0.282. The van der Waals surface area contributed by atoms with E-state index in [2.05, 4.69) is 62.0 Å². The van der Waals surface area contributed by atoms with E-state index in [0.717, 1.165) is 52.3 Å². The number of rotatable bonds is 8. The Labute approximate surface area is 213 Å². The second-order valence-electron chi connectivity index (χ2n) is 10.4. The lowest BCUT2D eigenvalue weighted by atomic mass is 9.94. The normalized spacial score (nSPS) is 12.1. The lowest BCUT2D eigenvalue weighted by Gasteiger charge is -2.36. The van der Waals surface area contributed by atoms with Crippen LogP contribution in [0.2, 0.25) is 18.1 Å². The molecular weight excluding hydrogens is 468 g/mol. The Hall–Kier alpha value is -2.80. The van der Waals surface area contributed by atoms with Crippen LogP contribution in [0, 0.1) is 0 Å². The molecule has 0 saturated heterocycles. The van der Waals surface area contributed by atoms with Crippen molar-refractivity contribution in [1.82, 2.24) is 9.97 Å². The maximum Gasteiger partial charge on any atom is 0.257 e. The van der Waals surface area contributed by atoms with E-state index < -0.39 is 8.32 Å². The number of thiophene rings is 1. The van der Waals surface area contributed by atoms with Crippen molar-refractivity contribution < 1.29 is 4.43 Å². The van der Waals surface area contributed by atoms with E-state index in [0.29, 0.717) is 5.56 Å². The molecule has 0 unspecified atom stereocenters. The van der Waals surface area contributed by atoms with Crippen molar-refractivity contribution in [2.45, 2.75) is 51.7 Å². The van der Waals surface area contributed by atoms with Gasteiger partial charge in [0.1, 0.15) is 0 Å². The summed E-state index contributed by atoms with van der Waals surface area (Å²) in [6.07, 6.45) is 5.47. The van der Waals surface area contributed by atoms with Gasteiger partial charge in [-0.15, -0.1) is 11.3 Å². The molecule has 0 spiro atoms. The van der Waals surface area contributed by atoms with Gasteiger partial charge in [-0.25, -0.2) is 0 Å². The summed E-state index contributed by atoms with van der Waals surface area (Å²) in [5.41, 5.74) is 5.61. The number of pyridine rings is 2. The SMILES string of the molecule is CC(C)(C)[Si](C)(C)OCCCc1ccncc1-c1[nH]c(=O)c(-c2cccs2)cc1-c1ccccc1. The van der Waals surface area contributed by atoms with Crippen molar-refractivity contribution in [3.63, 3.8) is 0 Å². The molecule has 0 amide bonds. The van der Waals surface area contributed by atoms with Crippen molar-refractivity contribution in [2.24, 2.45) is 0 Å². The predicted octanol–water partition coefficient (Wildman–Crippen LogP) is 7.79. The van der Waals surface area contributed by atoms with Gasteiger partial charge >= 0.3 is 0 Å². The maximum atomic E-state index is 13.2. The van der Waals surface area contributed by atoms with Crippen LogP contribution in [0.1, 0.15) is 32.8 Å². The van der Waals surface area contributed by atoms with Gasteiger partial charge in [-0.2, -0.15) is 0 Å². The summed E-state index contributed by atoms with van der Waals surface area (Å²) in [6.45, 7) is 12.1. The Morgan fingerprint density at radius 3 is 2.46 bits per heavy atom. The van der Waals surface area contributed by atoms with E-state index in [4.69, 9.17) is 4.43 Å². The van der Waals surface area contributed by atoms with Gasteiger partial charge in [0, 0.05) is 35.0 Å². The molecule has 3 aromatic heterocycles. The maximum absolute atomic E-state index is 13.2. The van der Waals surface area contributed by atoms with Gasteiger partial charge in [0.25, 0.3) is 5.56 Å². The highest BCUT2D eigenvalue weighted by Gasteiger charge is 2.36. The molecule has 4 aromatic rings. The molecule has 1 N–H and O–H groups in total. The zero-order chi connectivity index (χ0) is 25.1. The minimum absolute atomic E-state index is 0.0850. The van der Waals surface area contributed by atoms with Gasteiger partial charge < -0.3 is 9.41 Å². The smallest absolute Gasteiger partial charge is 0.257 e. The molecule has 3 heterocycles. The summed E-state index contributed by atoms with van der Waals surface area (Å²) in [6, 6.07) is 18.3. The Balaban J connectivity index is 1.69. The molecule has 4 rings (SSSR count). The fourth-order valence-corrected chi connectivity index (χ4v) is 5.70. The molecule has 4 nitrogen and oxygen atoms in total. The minimum Gasteiger partial charge on any atom is -0.417 e. The topological polar surface area (TPSA) is 55.0 Å². The molecule has 1 aromatic carbocycles. The molecule has 0 aliphatic carbocycles. The highest BCUT2D eigenvalue weighted by Crippen LogP contribution is 2.37. The zero-order valence-corrected chi connectivity index (χ0v) is 23.0. The molecule has 35 heavy (non-hydrogen) atoms. The van der Waals surface area contributed by atoms with Crippen molar-refractivity contribution in [3.05, 3.63) is 88.3 Å². The number of aromatic amines is 1. The average Bonchev–Trinajstić information content (AvgIpc) is 3.36. The summed E-state index contributed by atoms with van der Waals surface area (Å²) < 4.78 is 6.40. The Bertz CT molecular complexity index is 1320. The van der Waals surface area contributed by atoms with Gasteiger partial charge in [-0.05, 0) is 65.7 Å². The Kier molecular flexibility index (Phi) is 7.55. The van der Waals surface area contributed by atoms with Crippen LogP contribution in [-0.4, -0.2) is 24.9 Å². The van der Waals surface area contributed by atoms with Gasteiger partial charge in [0.05, 0.1) is 11.3 Å². The highest BCUT2D eigenvalue weighted by molar-refractivity contribution is 7.13. The minimum atomic E-state index is -1.77. The lowest BCUT2D eigenvalue weighted by Crippen LogP contribution is -2.41. The van der Waals surface area contributed by atoms with Crippen LogP contribution in [-0.2, 0) is 10.8 Å². The average molecular weight is 503 g/mol. The van der Waals surface area contributed by atoms with Crippen LogP contribution in [0.15, 0.2) is 77.2 Å². The fraction of sp³-hybridized carbons (Fsp3) is 0.310. The molecule has 0 saturated carbocycles. The van der Waals surface area contributed by atoms with Crippen LogP contribution >= 0.6 is 11.3 Å². The molecule has 182 valence electrons. The van der Waals surface area contributed by atoms with Gasteiger partial charge in [-0.3, -0.25) is 9.78 Å².